The topological polar surface area (TPSA) is 34.1 Å². The fraction of sp³-hybridized carbons (Fsp3) is 1.00. The lowest BCUT2D eigenvalue weighted by Crippen LogP contribution is -2.49. The van der Waals surface area contributed by atoms with E-state index in [1.54, 1.807) is 0 Å². The number of halogens is 5. The van der Waals surface area contributed by atoms with E-state index < -0.39 is 39.4 Å². The van der Waals surface area contributed by atoms with Crippen molar-refractivity contribution in [1.29, 1.82) is 0 Å². The van der Waals surface area contributed by atoms with Crippen LogP contribution in [0.1, 0.15) is 0 Å². The molecule has 0 N–H and O–H groups in total. The van der Waals surface area contributed by atoms with Crippen LogP contribution in [0.4, 0.5) is 22.0 Å². The SMILES string of the molecule is O=S1(=O)CC(F)C(F)(CF)C1(F)F. The number of hydrogen-bond donors (Lipinski definition) is 0. The third kappa shape index (κ3) is 1.07. The first-order chi connectivity index (χ1) is 5.69. The van der Waals surface area contributed by atoms with E-state index in [2.05, 4.69) is 0 Å². The fourth-order valence-corrected chi connectivity index (χ4v) is 2.59. The largest absolute Gasteiger partial charge is 0.384 e. The predicted octanol–water partition coefficient (Wildman–Crippen LogP) is 1.02. The molecule has 2 unspecified atom stereocenters. The van der Waals surface area contributed by atoms with E-state index in [4.69, 9.17) is 0 Å². The Balaban J connectivity index is 3.29. The minimum absolute atomic E-state index is 1.68. The van der Waals surface area contributed by atoms with Crippen LogP contribution >= 0.6 is 0 Å². The van der Waals surface area contributed by atoms with Gasteiger partial charge >= 0.3 is 5.25 Å². The Labute approximate surface area is 70.6 Å². The normalized spacial score (nSPS) is 42.1. The molecule has 0 amide bonds. The Bertz CT molecular complexity index is 313. The highest BCUT2D eigenvalue weighted by Crippen LogP contribution is 2.48. The van der Waals surface area contributed by atoms with Crippen LogP contribution in [-0.2, 0) is 9.84 Å². The van der Waals surface area contributed by atoms with Crippen LogP contribution in [0.25, 0.3) is 0 Å². The van der Waals surface area contributed by atoms with Gasteiger partial charge in [0.05, 0.1) is 5.75 Å². The van der Waals surface area contributed by atoms with Gasteiger partial charge in [0.1, 0.15) is 6.67 Å². The van der Waals surface area contributed by atoms with Crippen LogP contribution in [-0.4, -0.2) is 37.9 Å². The lowest BCUT2D eigenvalue weighted by Gasteiger charge is -2.22. The standard InChI is InChI=1S/C5H5F5O2S/c6-2-4(8)3(7)1-13(11,12)5(4,9)10/h3H,1-2H2. The second-order valence-corrected chi connectivity index (χ2v) is 4.84. The summed E-state index contributed by atoms with van der Waals surface area (Å²) in [6.07, 6.45) is -3.02. The summed E-state index contributed by atoms with van der Waals surface area (Å²) in [5.74, 6) is -1.68. The van der Waals surface area contributed by atoms with Crippen LogP contribution in [0.3, 0.4) is 0 Å². The van der Waals surface area contributed by atoms with Crippen molar-refractivity contribution in [3.05, 3.63) is 0 Å². The molecule has 0 aliphatic carbocycles. The summed E-state index contributed by atoms with van der Waals surface area (Å²) in [4.78, 5) is 0. The van der Waals surface area contributed by atoms with Gasteiger partial charge < -0.3 is 0 Å². The first kappa shape index (κ1) is 10.7. The summed E-state index contributed by atoms with van der Waals surface area (Å²) in [6, 6.07) is 0. The van der Waals surface area contributed by atoms with Gasteiger partial charge in [0, 0.05) is 0 Å². The van der Waals surface area contributed by atoms with Crippen LogP contribution in [0, 0.1) is 0 Å². The molecule has 1 fully saturated rings. The van der Waals surface area contributed by atoms with Crippen LogP contribution in [0.15, 0.2) is 0 Å². The molecule has 0 saturated carbocycles. The molecule has 8 heteroatoms. The van der Waals surface area contributed by atoms with Gasteiger partial charge in [-0.25, -0.2) is 21.6 Å². The van der Waals surface area contributed by atoms with Crippen molar-refractivity contribution < 1.29 is 30.4 Å². The molecule has 1 rings (SSSR count). The van der Waals surface area contributed by atoms with Gasteiger partial charge in [-0.2, -0.15) is 8.78 Å². The first-order valence-electron chi connectivity index (χ1n) is 3.18. The highest BCUT2D eigenvalue weighted by molar-refractivity contribution is 7.92. The second-order valence-electron chi connectivity index (χ2n) is 2.76. The van der Waals surface area contributed by atoms with E-state index in [-0.39, 0.29) is 0 Å². The van der Waals surface area contributed by atoms with Crippen molar-refractivity contribution in [2.75, 3.05) is 12.4 Å². The molecule has 1 aliphatic heterocycles. The van der Waals surface area contributed by atoms with E-state index in [9.17, 15) is 30.4 Å². The minimum Gasteiger partial charge on any atom is -0.247 e. The average Bonchev–Trinajstić information content (AvgIpc) is 2.10. The third-order valence-corrected chi connectivity index (χ3v) is 3.78. The van der Waals surface area contributed by atoms with Crippen LogP contribution in [0.2, 0.25) is 0 Å². The molecule has 13 heavy (non-hydrogen) atoms. The summed E-state index contributed by atoms with van der Waals surface area (Å²) in [5, 5.41) is -4.98. The molecule has 1 aliphatic rings. The van der Waals surface area contributed by atoms with E-state index in [0.717, 1.165) is 0 Å². The third-order valence-electron chi connectivity index (χ3n) is 1.93. The maximum Gasteiger partial charge on any atom is 0.384 e. The zero-order valence-electron chi connectivity index (χ0n) is 6.11. The molecule has 2 atom stereocenters. The summed E-state index contributed by atoms with van der Waals surface area (Å²) in [6.45, 7) is -2.36. The van der Waals surface area contributed by atoms with Crippen molar-refractivity contribution in [3.8, 4) is 0 Å². The number of hydrogen-bond acceptors (Lipinski definition) is 2. The molecule has 0 aromatic carbocycles. The molecule has 78 valence electrons. The Morgan fingerprint density at radius 3 is 1.92 bits per heavy atom. The number of sulfone groups is 1. The first-order valence-corrected chi connectivity index (χ1v) is 4.83. The Hall–Kier alpha value is -0.400. The van der Waals surface area contributed by atoms with Gasteiger partial charge in [-0.3, -0.25) is 0 Å². The monoisotopic (exact) mass is 224 g/mol. The maximum atomic E-state index is 12.8. The highest BCUT2D eigenvalue weighted by atomic mass is 32.2. The molecular weight excluding hydrogens is 219 g/mol. The quantitative estimate of drug-likeness (QED) is 0.623. The van der Waals surface area contributed by atoms with Crippen LogP contribution in [0.5, 0.6) is 0 Å². The fourth-order valence-electron chi connectivity index (χ4n) is 1.03. The van der Waals surface area contributed by atoms with Gasteiger partial charge in [-0.1, -0.05) is 0 Å². The molecule has 1 saturated heterocycles. The summed E-state index contributed by atoms with van der Waals surface area (Å²) >= 11 is 0. The van der Waals surface area contributed by atoms with E-state index in [1.807, 2.05) is 0 Å². The molecule has 0 radical (unpaired) electrons. The predicted molar refractivity (Wildman–Crippen MR) is 33.4 cm³/mol. The average molecular weight is 224 g/mol. The highest BCUT2D eigenvalue weighted by Gasteiger charge is 2.74. The van der Waals surface area contributed by atoms with Crippen LogP contribution < -0.4 is 0 Å². The zero-order valence-corrected chi connectivity index (χ0v) is 6.92. The summed E-state index contributed by atoms with van der Waals surface area (Å²) in [7, 11) is -5.22. The molecule has 0 spiro atoms. The molecule has 0 bridgehead atoms. The van der Waals surface area contributed by atoms with E-state index in [1.165, 1.54) is 0 Å². The van der Waals surface area contributed by atoms with Crippen molar-refractivity contribution in [1.82, 2.24) is 0 Å². The maximum absolute atomic E-state index is 12.8. The Morgan fingerprint density at radius 1 is 1.31 bits per heavy atom. The Kier molecular flexibility index (Phi) is 2.10. The van der Waals surface area contributed by atoms with Crippen molar-refractivity contribution in [2.45, 2.75) is 17.1 Å². The summed E-state index contributed by atoms with van der Waals surface area (Å²) in [5.41, 5.74) is -4.23. The summed E-state index contributed by atoms with van der Waals surface area (Å²) < 4.78 is 83.2. The molecule has 2 nitrogen and oxygen atoms in total. The smallest absolute Gasteiger partial charge is 0.247 e. The minimum atomic E-state index is -5.22. The van der Waals surface area contributed by atoms with Crippen molar-refractivity contribution >= 4 is 9.84 Å². The van der Waals surface area contributed by atoms with Crippen molar-refractivity contribution in [3.63, 3.8) is 0 Å². The van der Waals surface area contributed by atoms with Gasteiger partial charge in [0.25, 0.3) is 0 Å². The molecule has 1 heterocycles. The van der Waals surface area contributed by atoms with Crippen molar-refractivity contribution in [2.24, 2.45) is 0 Å². The lowest BCUT2D eigenvalue weighted by molar-refractivity contribution is -0.104. The molecule has 0 aromatic rings. The number of alkyl halides is 5. The van der Waals surface area contributed by atoms with Gasteiger partial charge in [0.2, 0.25) is 15.5 Å². The Morgan fingerprint density at radius 2 is 1.77 bits per heavy atom. The van der Waals surface area contributed by atoms with Gasteiger partial charge in [-0.15, -0.1) is 0 Å². The lowest BCUT2D eigenvalue weighted by atomic mass is 10.0. The number of rotatable bonds is 1. The van der Waals surface area contributed by atoms with E-state index in [0.29, 0.717) is 0 Å². The zero-order chi connectivity index (χ0) is 10.5. The van der Waals surface area contributed by atoms with Gasteiger partial charge in [0.15, 0.2) is 6.17 Å². The van der Waals surface area contributed by atoms with E-state index >= 15 is 0 Å². The van der Waals surface area contributed by atoms with Gasteiger partial charge in [-0.05, 0) is 0 Å². The second kappa shape index (κ2) is 2.55. The molecular formula is C5H5F5O2S. The molecule has 0 aromatic heterocycles.